The molecule has 2 aliphatic rings. The van der Waals surface area contributed by atoms with Crippen LogP contribution in [0.25, 0.3) is 0 Å². The average molecular weight is 291 g/mol. The third-order valence-electron chi connectivity index (χ3n) is 3.91. The SMILES string of the molecule is Cc1cc(N2CCOCC2)nc(N2CCN(C=O)CC2)n1. The first-order chi connectivity index (χ1) is 10.3. The number of piperazine rings is 1. The summed E-state index contributed by atoms with van der Waals surface area (Å²) in [5.41, 5.74) is 0.972. The number of nitrogens with zero attached hydrogens (tertiary/aromatic N) is 5. The van der Waals surface area contributed by atoms with E-state index in [9.17, 15) is 4.79 Å². The van der Waals surface area contributed by atoms with Gasteiger partial charge in [-0.15, -0.1) is 0 Å². The summed E-state index contributed by atoms with van der Waals surface area (Å²) in [6.07, 6.45) is 0.910. The van der Waals surface area contributed by atoms with Crippen LogP contribution in [0, 0.1) is 6.92 Å². The van der Waals surface area contributed by atoms with Gasteiger partial charge in [0.15, 0.2) is 0 Å². The maximum Gasteiger partial charge on any atom is 0.227 e. The normalized spacial score (nSPS) is 19.8. The largest absolute Gasteiger partial charge is 0.378 e. The molecule has 0 bridgehead atoms. The molecule has 1 aromatic rings. The number of hydrogen-bond acceptors (Lipinski definition) is 6. The van der Waals surface area contributed by atoms with E-state index < -0.39 is 0 Å². The van der Waals surface area contributed by atoms with Crippen molar-refractivity contribution in [3.8, 4) is 0 Å². The zero-order chi connectivity index (χ0) is 14.7. The third kappa shape index (κ3) is 3.24. The molecular weight excluding hydrogens is 270 g/mol. The molecule has 0 N–H and O–H groups in total. The predicted molar refractivity (Wildman–Crippen MR) is 79.7 cm³/mol. The number of aromatic nitrogens is 2. The van der Waals surface area contributed by atoms with Gasteiger partial charge in [-0.05, 0) is 6.92 Å². The van der Waals surface area contributed by atoms with Gasteiger partial charge in [-0.25, -0.2) is 4.98 Å². The molecule has 3 rings (SSSR count). The average Bonchev–Trinajstić information content (AvgIpc) is 2.55. The molecule has 0 atom stereocenters. The molecule has 114 valence electrons. The molecule has 1 amide bonds. The van der Waals surface area contributed by atoms with Gasteiger partial charge in [0.25, 0.3) is 0 Å². The Kier molecular flexibility index (Phi) is 4.19. The summed E-state index contributed by atoms with van der Waals surface area (Å²) in [4.78, 5) is 26.2. The smallest absolute Gasteiger partial charge is 0.227 e. The number of carbonyl (C=O) groups is 1. The fraction of sp³-hybridized carbons (Fsp3) is 0.643. The van der Waals surface area contributed by atoms with E-state index in [1.807, 2.05) is 13.0 Å². The monoisotopic (exact) mass is 291 g/mol. The Hall–Kier alpha value is -1.89. The quantitative estimate of drug-likeness (QED) is 0.725. The van der Waals surface area contributed by atoms with Crippen LogP contribution in [-0.2, 0) is 9.53 Å². The Morgan fingerprint density at radius 2 is 1.76 bits per heavy atom. The first-order valence-corrected chi connectivity index (χ1v) is 7.39. The van der Waals surface area contributed by atoms with Gasteiger partial charge in [0.1, 0.15) is 5.82 Å². The second-order valence-electron chi connectivity index (χ2n) is 5.40. The highest BCUT2D eigenvalue weighted by molar-refractivity contribution is 5.50. The highest BCUT2D eigenvalue weighted by Gasteiger charge is 2.20. The van der Waals surface area contributed by atoms with Crippen molar-refractivity contribution in [3.05, 3.63) is 11.8 Å². The van der Waals surface area contributed by atoms with Crippen molar-refractivity contribution in [1.29, 1.82) is 0 Å². The van der Waals surface area contributed by atoms with Crippen molar-refractivity contribution < 1.29 is 9.53 Å². The Balaban J connectivity index is 1.76. The highest BCUT2D eigenvalue weighted by atomic mass is 16.5. The van der Waals surface area contributed by atoms with Crippen LogP contribution >= 0.6 is 0 Å². The third-order valence-corrected chi connectivity index (χ3v) is 3.91. The van der Waals surface area contributed by atoms with Crippen LogP contribution in [-0.4, -0.2) is 73.8 Å². The second kappa shape index (κ2) is 6.26. The Morgan fingerprint density at radius 3 is 2.43 bits per heavy atom. The van der Waals surface area contributed by atoms with Crippen LogP contribution in [0.5, 0.6) is 0 Å². The first-order valence-electron chi connectivity index (χ1n) is 7.39. The number of hydrogen-bond donors (Lipinski definition) is 0. The fourth-order valence-electron chi connectivity index (χ4n) is 2.66. The Labute approximate surface area is 124 Å². The van der Waals surface area contributed by atoms with E-state index in [0.29, 0.717) is 0 Å². The zero-order valence-corrected chi connectivity index (χ0v) is 12.4. The summed E-state index contributed by atoms with van der Waals surface area (Å²) in [7, 11) is 0. The van der Waals surface area contributed by atoms with Crippen molar-refractivity contribution in [1.82, 2.24) is 14.9 Å². The lowest BCUT2D eigenvalue weighted by molar-refractivity contribution is -0.118. The molecule has 0 radical (unpaired) electrons. The number of morpholine rings is 1. The van der Waals surface area contributed by atoms with E-state index >= 15 is 0 Å². The van der Waals surface area contributed by atoms with Gasteiger partial charge < -0.3 is 19.4 Å². The van der Waals surface area contributed by atoms with E-state index in [2.05, 4.69) is 14.8 Å². The molecule has 0 aromatic carbocycles. The molecular formula is C14H21N5O2. The number of rotatable bonds is 3. The van der Waals surface area contributed by atoms with Crippen LogP contribution < -0.4 is 9.80 Å². The lowest BCUT2D eigenvalue weighted by Gasteiger charge is -2.33. The number of carbonyl (C=O) groups excluding carboxylic acids is 1. The first kappa shape index (κ1) is 14.1. The molecule has 1 aromatic heterocycles. The van der Waals surface area contributed by atoms with Crippen molar-refractivity contribution in [3.63, 3.8) is 0 Å². The summed E-state index contributed by atoms with van der Waals surface area (Å²) in [6.45, 7) is 8.25. The minimum Gasteiger partial charge on any atom is -0.378 e. The second-order valence-corrected chi connectivity index (χ2v) is 5.40. The van der Waals surface area contributed by atoms with Gasteiger partial charge >= 0.3 is 0 Å². The molecule has 2 fully saturated rings. The van der Waals surface area contributed by atoms with Gasteiger partial charge in [-0.2, -0.15) is 4.98 Å². The van der Waals surface area contributed by atoms with Gasteiger partial charge in [-0.3, -0.25) is 4.79 Å². The summed E-state index contributed by atoms with van der Waals surface area (Å²) >= 11 is 0. The summed E-state index contributed by atoms with van der Waals surface area (Å²) in [6, 6.07) is 2.02. The van der Waals surface area contributed by atoms with Crippen LogP contribution in [0.2, 0.25) is 0 Å². The minimum absolute atomic E-state index is 0.730. The number of aryl methyl sites for hydroxylation is 1. The summed E-state index contributed by atoms with van der Waals surface area (Å²) in [5, 5.41) is 0. The fourth-order valence-corrected chi connectivity index (χ4v) is 2.66. The highest BCUT2D eigenvalue weighted by Crippen LogP contribution is 2.19. The molecule has 0 spiro atoms. The van der Waals surface area contributed by atoms with Crippen LogP contribution in [0.3, 0.4) is 0 Å². The number of amides is 1. The standard InChI is InChI=1S/C14H21N5O2/c1-12-10-13(18-6-8-21-9-7-18)16-14(15-12)19-4-2-17(11-20)3-5-19/h10-11H,2-9H2,1H3. The maximum atomic E-state index is 10.8. The van der Waals surface area contributed by atoms with Crippen molar-refractivity contribution in [2.75, 3.05) is 62.3 Å². The van der Waals surface area contributed by atoms with Gasteiger partial charge in [0.2, 0.25) is 12.4 Å². The Morgan fingerprint density at radius 1 is 1.05 bits per heavy atom. The number of ether oxygens (including phenoxy) is 1. The van der Waals surface area contributed by atoms with E-state index in [1.54, 1.807) is 4.90 Å². The van der Waals surface area contributed by atoms with E-state index in [-0.39, 0.29) is 0 Å². The predicted octanol–water partition coefficient (Wildman–Crippen LogP) is -0.1000. The van der Waals surface area contributed by atoms with E-state index in [1.165, 1.54) is 0 Å². The summed E-state index contributed by atoms with van der Waals surface area (Å²) < 4.78 is 5.39. The lowest BCUT2D eigenvalue weighted by Crippen LogP contribution is -2.46. The Bertz CT molecular complexity index is 496. The molecule has 0 aliphatic carbocycles. The molecule has 3 heterocycles. The van der Waals surface area contributed by atoms with Crippen LogP contribution in [0.1, 0.15) is 5.69 Å². The molecule has 2 saturated heterocycles. The molecule has 7 nitrogen and oxygen atoms in total. The van der Waals surface area contributed by atoms with Crippen LogP contribution in [0.4, 0.5) is 11.8 Å². The number of anilines is 2. The summed E-state index contributed by atoms with van der Waals surface area (Å²) in [5.74, 6) is 1.74. The van der Waals surface area contributed by atoms with Crippen molar-refractivity contribution in [2.24, 2.45) is 0 Å². The van der Waals surface area contributed by atoms with Gasteiger partial charge in [-0.1, -0.05) is 0 Å². The van der Waals surface area contributed by atoms with Crippen LogP contribution in [0.15, 0.2) is 6.07 Å². The van der Waals surface area contributed by atoms with Gasteiger partial charge in [0, 0.05) is 51.0 Å². The topological polar surface area (TPSA) is 61.8 Å². The molecule has 21 heavy (non-hydrogen) atoms. The zero-order valence-electron chi connectivity index (χ0n) is 12.4. The van der Waals surface area contributed by atoms with E-state index in [0.717, 1.165) is 76.4 Å². The minimum atomic E-state index is 0.730. The van der Waals surface area contributed by atoms with Crippen molar-refractivity contribution in [2.45, 2.75) is 6.92 Å². The molecule has 7 heteroatoms. The maximum absolute atomic E-state index is 10.8. The van der Waals surface area contributed by atoms with Crippen molar-refractivity contribution >= 4 is 18.2 Å². The lowest BCUT2D eigenvalue weighted by atomic mass is 10.3. The van der Waals surface area contributed by atoms with Gasteiger partial charge in [0.05, 0.1) is 13.2 Å². The molecule has 2 aliphatic heterocycles. The molecule has 0 unspecified atom stereocenters. The molecule has 0 saturated carbocycles. The van der Waals surface area contributed by atoms with E-state index in [4.69, 9.17) is 9.72 Å².